The van der Waals surface area contributed by atoms with E-state index in [9.17, 15) is 9.18 Å². The highest BCUT2D eigenvalue weighted by atomic mass is 32.1. The third kappa shape index (κ3) is 3.99. The molecule has 1 amide bonds. The van der Waals surface area contributed by atoms with Crippen molar-refractivity contribution in [1.82, 2.24) is 29.9 Å². The summed E-state index contributed by atoms with van der Waals surface area (Å²) in [5.74, 6) is -0.0640. The van der Waals surface area contributed by atoms with Gasteiger partial charge in [-0.1, -0.05) is 6.07 Å². The Labute approximate surface area is 164 Å². The van der Waals surface area contributed by atoms with Gasteiger partial charge in [-0.05, 0) is 48.2 Å². The van der Waals surface area contributed by atoms with Gasteiger partial charge < -0.3 is 5.32 Å². The fraction of sp³-hybridized carbons (Fsp3) is 0.158. The van der Waals surface area contributed by atoms with E-state index in [-0.39, 0.29) is 17.5 Å². The van der Waals surface area contributed by atoms with Gasteiger partial charge in [-0.15, -0.1) is 16.4 Å². The van der Waals surface area contributed by atoms with Crippen LogP contribution in [0.2, 0.25) is 0 Å². The van der Waals surface area contributed by atoms with Gasteiger partial charge in [0.05, 0.1) is 10.6 Å². The standard InChI is InChI=1S/C19H17FN6OS/c20-14-5-7-15(8-6-14)26-18(16-4-1-13-28-16)23-17(24-26)19(27)21-9-2-11-25-12-3-10-22-25/h1,3-8,10,12-13H,2,9,11H2,(H,21,27). The Kier molecular flexibility index (Phi) is 5.24. The Morgan fingerprint density at radius 3 is 2.75 bits per heavy atom. The molecule has 142 valence electrons. The summed E-state index contributed by atoms with van der Waals surface area (Å²) in [6.07, 6.45) is 4.33. The van der Waals surface area contributed by atoms with Crippen LogP contribution in [0.15, 0.2) is 60.2 Å². The van der Waals surface area contributed by atoms with E-state index in [0.717, 1.165) is 11.3 Å². The zero-order valence-electron chi connectivity index (χ0n) is 14.8. The molecule has 0 aliphatic rings. The molecule has 1 N–H and O–H groups in total. The minimum absolute atomic E-state index is 0.0758. The molecule has 0 unspecified atom stereocenters. The highest BCUT2D eigenvalue weighted by molar-refractivity contribution is 7.13. The molecule has 7 nitrogen and oxygen atoms in total. The van der Waals surface area contributed by atoms with Gasteiger partial charge in [-0.3, -0.25) is 9.48 Å². The average molecular weight is 396 g/mol. The minimum Gasteiger partial charge on any atom is -0.349 e. The maximum absolute atomic E-state index is 13.3. The van der Waals surface area contributed by atoms with E-state index in [1.165, 1.54) is 23.5 Å². The van der Waals surface area contributed by atoms with E-state index in [2.05, 4.69) is 20.5 Å². The highest BCUT2D eigenvalue weighted by Crippen LogP contribution is 2.25. The summed E-state index contributed by atoms with van der Waals surface area (Å²) < 4.78 is 16.6. The average Bonchev–Trinajstić information content (AvgIpc) is 3.47. The van der Waals surface area contributed by atoms with Crippen molar-refractivity contribution >= 4 is 17.2 Å². The monoisotopic (exact) mass is 396 g/mol. The normalized spacial score (nSPS) is 10.9. The number of carbonyl (C=O) groups excluding carboxylic acids is 1. The lowest BCUT2D eigenvalue weighted by Crippen LogP contribution is -2.26. The van der Waals surface area contributed by atoms with Crippen LogP contribution < -0.4 is 5.32 Å². The summed E-state index contributed by atoms with van der Waals surface area (Å²) in [5, 5.41) is 13.2. The fourth-order valence-corrected chi connectivity index (χ4v) is 3.39. The predicted octanol–water partition coefficient (Wildman–Crippen LogP) is 3.15. The van der Waals surface area contributed by atoms with Crippen LogP contribution in [-0.4, -0.2) is 37.0 Å². The number of aryl methyl sites for hydroxylation is 1. The van der Waals surface area contributed by atoms with Crippen LogP contribution in [0.25, 0.3) is 16.4 Å². The summed E-state index contributed by atoms with van der Waals surface area (Å²) in [7, 11) is 0. The van der Waals surface area contributed by atoms with Crippen molar-refractivity contribution in [2.24, 2.45) is 0 Å². The van der Waals surface area contributed by atoms with Gasteiger partial charge in [0.2, 0.25) is 5.82 Å². The van der Waals surface area contributed by atoms with Crippen LogP contribution in [0.4, 0.5) is 4.39 Å². The smallest absolute Gasteiger partial charge is 0.290 e. The fourth-order valence-electron chi connectivity index (χ4n) is 2.69. The molecule has 0 saturated heterocycles. The summed E-state index contributed by atoms with van der Waals surface area (Å²) in [5.41, 5.74) is 0.634. The molecule has 9 heteroatoms. The van der Waals surface area contributed by atoms with Crippen molar-refractivity contribution in [2.45, 2.75) is 13.0 Å². The first-order valence-electron chi connectivity index (χ1n) is 8.73. The van der Waals surface area contributed by atoms with Gasteiger partial charge in [0, 0.05) is 25.5 Å². The third-order valence-electron chi connectivity index (χ3n) is 4.03. The molecule has 0 fully saturated rings. The Morgan fingerprint density at radius 1 is 1.18 bits per heavy atom. The minimum atomic E-state index is -0.348. The number of rotatable bonds is 7. The van der Waals surface area contributed by atoms with Crippen molar-refractivity contribution in [1.29, 1.82) is 0 Å². The summed E-state index contributed by atoms with van der Waals surface area (Å²) in [6.45, 7) is 1.20. The van der Waals surface area contributed by atoms with Crippen LogP contribution in [0.5, 0.6) is 0 Å². The van der Waals surface area contributed by atoms with Gasteiger partial charge in [-0.2, -0.15) is 5.10 Å². The molecule has 4 aromatic rings. The molecule has 0 bridgehead atoms. The SMILES string of the molecule is O=C(NCCCn1cccn1)c1nc(-c2cccs2)n(-c2ccc(F)cc2)n1. The number of hydrogen-bond acceptors (Lipinski definition) is 5. The zero-order chi connectivity index (χ0) is 19.3. The van der Waals surface area contributed by atoms with Gasteiger partial charge in [0.25, 0.3) is 5.91 Å². The lowest BCUT2D eigenvalue weighted by atomic mass is 10.3. The maximum atomic E-state index is 13.3. The topological polar surface area (TPSA) is 77.6 Å². The molecule has 1 aromatic carbocycles. The number of hydrogen-bond donors (Lipinski definition) is 1. The number of thiophene rings is 1. The summed E-state index contributed by atoms with van der Waals surface area (Å²) in [6, 6.07) is 11.6. The highest BCUT2D eigenvalue weighted by Gasteiger charge is 2.19. The van der Waals surface area contributed by atoms with Gasteiger partial charge in [0.15, 0.2) is 5.82 Å². The number of benzene rings is 1. The molecular weight excluding hydrogens is 379 g/mol. The first-order valence-corrected chi connectivity index (χ1v) is 9.61. The second-order valence-corrected chi connectivity index (χ2v) is 6.95. The van der Waals surface area contributed by atoms with Crippen molar-refractivity contribution in [3.8, 4) is 16.4 Å². The second kappa shape index (κ2) is 8.13. The van der Waals surface area contributed by atoms with E-state index >= 15 is 0 Å². The molecule has 0 radical (unpaired) electrons. The quantitative estimate of drug-likeness (QED) is 0.487. The molecule has 3 aromatic heterocycles. The molecule has 0 saturated carbocycles. The van der Waals surface area contributed by atoms with Crippen molar-refractivity contribution in [3.05, 3.63) is 71.9 Å². The number of aromatic nitrogens is 5. The number of nitrogens with one attached hydrogen (secondary N) is 1. The number of halogens is 1. The molecule has 28 heavy (non-hydrogen) atoms. The van der Waals surface area contributed by atoms with Gasteiger partial charge in [-0.25, -0.2) is 14.1 Å². The molecular formula is C19H17FN6OS. The molecule has 0 aliphatic heterocycles. The Hall–Kier alpha value is -3.33. The van der Waals surface area contributed by atoms with Gasteiger partial charge in [0.1, 0.15) is 5.82 Å². The molecule has 0 spiro atoms. The Bertz CT molecular complexity index is 1040. The van der Waals surface area contributed by atoms with Crippen LogP contribution in [0, 0.1) is 5.82 Å². The molecule has 0 aliphatic carbocycles. The van der Waals surface area contributed by atoms with Crippen molar-refractivity contribution < 1.29 is 9.18 Å². The third-order valence-corrected chi connectivity index (χ3v) is 4.90. The zero-order valence-corrected chi connectivity index (χ0v) is 15.6. The van der Waals surface area contributed by atoms with Crippen LogP contribution in [0.3, 0.4) is 0 Å². The van der Waals surface area contributed by atoms with Crippen LogP contribution in [0.1, 0.15) is 17.0 Å². The van der Waals surface area contributed by atoms with Gasteiger partial charge >= 0.3 is 0 Å². The van der Waals surface area contributed by atoms with Crippen LogP contribution in [-0.2, 0) is 6.54 Å². The lowest BCUT2D eigenvalue weighted by molar-refractivity contribution is 0.0942. The largest absolute Gasteiger partial charge is 0.349 e. The Morgan fingerprint density at radius 2 is 2.04 bits per heavy atom. The Balaban J connectivity index is 1.51. The summed E-state index contributed by atoms with van der Waals surface area (Å²) >= 11 is 1.49. The maximum Gasteiger partial charge on any atom is 0.290 e. The number of amides is 1. The van der Waals surface area contributed by atoms with E-state index in [0.29, 0.717) is 24.6 Å². The number of carbonyl (C=O) groups is 1. The van der Waals surface area contributed by atoms with Crippen molar-refractivity contribution in [2.75, 3.05) is 6.54 Å². The molecule has 3 heterocycles. The molecule has 4 rings (SSSR count). The van der Waals surface area contributed by atoms with E-state index in [1.54, 1.807) is 23.0 Å². The van der Waals surface area contributed by atoms with E-state index in [1.807, 2.05) is 34.5 Å². The van der Waals surface area contributed by atoms with Crippen LogP contribution >= 0.6 is 11.3 Å². The molecule has 0 atom stereocenters. The second-order valence-electron chi connectivity index (χ2n) is 6.00. The predicted molar refractivity (Wildman–Crippen MR) is 104 cm³/mol. The first kappa shape index (κ1) is 18.1. The van der Waals surface area contributed by atoms with E-state index in [4.69, 9.17) is 0 Å². The first-order chi connectivity index (χ1) is 13.7. The lowest BCUT2D eigenvalue weighted by Gasteiger charge is -2.04. The number of nitrogens with zero attached hydrogens (tertiary/aromatic N) is 5. The van der Waals surface area contributed by atoms with Crippen molar-refractivity contribution in [3.63, 3.8) is 0 Å². The van der Waals surface area contributed by atoms with E-state index < -0.39 is 0 Å². The summed E-state index contributed by atoms with van der Waals surface area (Å²) in [4.78, 5) is 17.8.